The maximum absolute atomic E-state index is 12.7. The Kier molecular flexibility index (Phi) is 4.80. The first kappa shape index (κ1) is 16.3. The van der Waals surface area contributed by atoms with Crippen LogP contribution in [-0.4, -0.2) is 48.8 Å². The minimum Gasteiger partial charge on any atom is -0.378 e. The zero-order valence-electron chi connectivity index (χ0n) is 14.0. The second kappa shape index (κ2) is 7.37. The molecule has 1 N–H and O–H groups in total. The summed E-state index contributed by atoms with van der Waals surface area (Å²) in [7, 11) is 0. The molecule has 0 saturated carbocycles. The van der Waals surface area contributed by atoms with E-state index in [-0.39, 0.29) is 6.03 Å². The van der Waals surface area contributed by atoms with Gasteiger partial charge in [-0.25, -0.2) is 9.78 Å². The van der Waals surface area contributed by atoms with E-state index in [1.54, 1.807) is 16.2 Å². The minimum absolute atomic E-state index is 0.0963. The summed E-state index contributed by atoms with van der Waals surface area (Å²) in [5.74, 6) is 1.42. The molecule has 2 aliphatic heterocycles. The Hall–Kier alpha value is -2.19. The molecule has 1 saturated heterocycles. The number of carbonyl (C=O) groups excluding carboxylic acids is 1. The van der Waals surface area contributed by atoms with Gasteiger partial charge in [0.2, 0.25) is 5.95 Å². The number of urea groups is 1. The Morgan fingerprint density at radius 3 is 3.00 bits per heavy atom. The van der Waals surface area contributed by atoms with E-state index in [0.717, 1.165) is 42.2 Å². The van der Waals surface area contributed by atoms with Crippen molar-refractivity contribution in [2.75, 3.05) is 42.6 Å². The number of anilines is 2. The van der Waals surface area contributed by atoms with Crippen LogP contribution in [0.3, 0.4) is 0 Å². The quantitative estimate of drug-likeness (QED) is 0.908. The number of nitrogens with one attached hydrogen (secondary N) is 1. The molecule has 25 heavy (non-hydrogen) atoms. The number of hydrogen-bond acceptors (Lipinski definition) is 6. The Balaban J connectivity index is 1.51. The molecule has 4 rings (SSSR count). The number of hydrogen-bond donors (Lipinski definition) is 1. The summed E-state index contributed by atoms with van der Waals surface area (Å²) >= 11 is 1.64. The van der Waals surface area contributed by atoms with E-state index in [9.17, 15) is 4.79 Å². The van der Waals surface area contributed by atoms with Gasteiger partial charge in [-0.2, -0.15) is 4.98 Å². The van der Waals surface area contributed by atoms with E-state index in [4.69, 9.17) is 9.72 Å². The van der Waals surface area contributed by atoms with E-state index >= 15 is 0 Å². The summed E-state index contributed by atoms with van der Waals surface area (Å²) in [6, 6.07) is 3.92. The number of fused-ring (bicyclic) bond motifs is 1. The van der Waals surface area contributed by atoms with Crippen molar-refractivity contribution >= 4 is 29.1 Å². The molecular weight excluding hydrogens is 338 g/mol. The van der Waals surface area contributed by atoms with Gasteiger partial charge in [0.05, 0.1) is 19.8 Å². The molecule has 0 aromatic carbocycles. The van der Waals surface area contributed by atoms with Crippen molar-refractivity contribution in [3.8, 4) is 0 Å². The van der Waals surface area contributed by atoms with Crippen LogP contribution in [0.25, 0.3) is 0 Å². The third-order valence-electron chi connectivity index (χ3n) is 4.45. The van der Waals surface area contributed by atoms with Crippen LogP contribution in [0.15, 0.2) is 23.7 Å². The summed E-state index contributed by atoms with van der Waals surface area (Å²) in [4.78, 5) is 26.9. The van der Waals surface area contributed by atoms with E-state index < -0.39 is 0 Å². The minimum atomic E-state index is -0.0963. The third-order valence-corrected chi connectivity index (χ3v) is 5.32. The van der Waals surface area contributed by atoms with Gasteiger partial charge in [0.1, 0.15) is 5.82 Å². The summed E-state index contributed by atoms with van der Waals surface area (Å²) in [6.07, 6.45) is 3.71. The molecule has 4 heterocycles. The number of aryl methyl sites for hydroxylation is 1. The number of ether oxygens (including phenoxy) is 1. The Bertz CT molecular complexity index is 731. The summed E-state index contributed by atoms with van der Waals surface area (Å²) in [5.41, 5.74) is 1.04. The molecule has 0 radical (unpaired) electrons. The Morgan fingerprint density at radius 2 is 2.20 bits per heavy atom. The first-order chi connectivity index (χ1) is 12.3. The highest BCUT2D eigenvalue weighted by Gasteiger charge is 2.26. The van der Waals surface area contributed by atoms with Gasteiger partial charge in [-0.3, -0.25) is 4.90 Å². The first-order valence-electron chi connectivity index (χ1n) is 8.57. The van der Waals surface area contributed by atoms with Crippen molar-refractivity contribution < 1.29 is 9.53 Å². The van der Waals surface area contributed by atoms with Crippen LogP contribution in [0, 0.1) is 0 Å². The number of aromatic nitrogens is 2. The standard InChI is InChI=1S/C17H21N5O2S/c23-17(19-12-14-4-2-10-25-14)22-5-1-3-13-11-18-16(20-15(13)22)21-6-8-24-9-7-21/h2,4,10-11H,1,3,5-9,12H2,(H,19,23). The fourth-order valence-electron chi connectivity index (χ4n) is 3.12. The van der Waals surface area contributed by atoms with Gasteiger partial charge in [-0.1, -0.05) is 6.07 Å². The second-order valence-corrected chi connectivity index (χ2v) is 7.14. The van der Waals surface area contributed by atoms with Gasteiger partial charge < -0.3 is 15.0 Å². The normalized spacial score (nSPS) is 17.3. The Labute approximate surface area is 150 Å². The molecule has 0 atom stereocenters. The molecule has 2 aliphatic rings. The molecule has 0 bridgehead atoms. The summed E-state index contributed by atoms with van der Waals surface area (Å²) in [5, 5.41) is 5.01. The number of nitrogens with zero attached hydrogens (tertiary/aromatic N) is 4. The highest BCUT2D eigenvalue weighted by Crippen LogP contribution is 2.26. The maximum atomic E-state index is 12.7. The van der Waals surface area contributed by atoms with Gasteiger partial charge in [0.25, 0.3) is 0 Å². The van der Waals surface area contributed by atoms with Crippen LogP contribution in [0.5, 0.6) is 0 Å². The van der Waals surface area contributed by atoms with E-state index in [1.165, 1.54) is 0 Å². The molecule has 2 amide bonds. The lowest BCUT2D eigenvalue weighted by atomic mass is 10.1. The van der Waals surface area contributed by atoms with Crippen LogP contribution in [0.4, 0.5) is 16.6 Å². The average Bonchev–Trinajstić information content (AvgIpc) is 3.19. The molecule has 2 aromatic heterocycles. The molecule has 132 valence electrons. The van der Waals surface area contributed by atoms with Gasteiger partial charge in [0, 0.05) is 36.3 Å². The molecule has 8 heteroatoms. The van der Waals surface area contributed by atoms with Crippen molar-refractivity contribution in [3.63, 3.8) is 0 Å². The highest BCUT2D eigenvalue weighted by molar-refractivity contribution is 7.09. The van der Waals surface area contributed by atoms with Crippen molar-refractivity contribution in [1.82, 2.24) is 15.3 Å². The van der Waals surface area contributed by atoms with Gasteiger partial charge in [-0.15, -0.1) is 11.3 Å². The van der Waals surface area contributed by atoms with Crippen LogP contribution >= 0.6 is 11.3 Å². The topological polar surface area (TPSA) is 70.6 Å². The van der Waals surface area contributed by atoms with E-state index in [0.29, 0.717) is 32.3 Å². The second-order valence-electron chi connectivity index (χ2n) is 6.11. The van der Waals surface area contributed by atoms with Crippen LogP contribution in [0.2, 0.25) is 0 Å². The summed E-state index contributed by atoms with van der Waals surface area (Å²) < 4.78 is 5.39. The van der Waals surface area contributed by atoms with Gasteiger partial charge >= 0.3 is 6.03 Å². The summed E-state index contributed by atoms with van der Waals surface area (Å²) in [6.45, 7) is 4.16. The fourth-order valence-corrected chi connectivity index (χ4v) is 3.76. The van der Waals surface area contributed by atoms with Crippen molar-refractivity contribution in [2.24, 2.45) is 0 Å². The molecule has 0 unspecified atom stereocenters. The van der Waals surface area contributed by atoms with Crippen LogP contribution < -0.4 is 15.1 Å². The van der Waals surface area contributed by atoms with E-state index in [2.05, 4.69) is 15.2 Å². The zero-order chi connectivity index (χ0) is 17.1. The van der Waals surface area contributed by atoms with Crippen molar-refractivity contribution in [3.05, 3.63) is 34.2 Å². The third kappa shape index (κ3) is 3.59. The molecular formula is C17H21N5O2S. The first-order valence-corrected chi connectivity index (χ1v) is 9.45. The monoisotopic (exact) mass is 359 g/mol. The number of amides is 2. The highest BCUT2D eigenvalue weighted by atomic mass is 32.1. The van der Waals surface area contributed by atoms with Crippen molar-refractivity contribution in [1.29, 1.82) is 0 Å². The van der Waals surface area contributed by atoms with Crippen molar-refractivity contribution in [2.45, 2.75) is 19.4 Å². The molecule has 2 aromatic rings. The predicted molar refractivity (Wildman–Crippen MR) is 97.3 cm³/mol. The number of thiophene rings is 1. The van der Waals surface area contributed by atoms with Gasteiger partial charge in [0.15, 0.2) is 0 Å². The van der Waals surface area contributed by atoms with Crippen LogP contribution in [-0.2, 0) is 17.7 Å². The average molecular weight is 359 g/mol. The number of morpholine rings is 1. The molecule has 1 fully saturated rings. The largest absolute Gasteiger partial charge is 0.378 e. The van der Waals surface area contributed by atoms with E-state index in [1.807, 2.05) is 23.7 Å². The maximum Gasteiger partial charge on any atom is 0.323 e. The lowest BCUT2D eigenvalue weighted by Gasteiger charge is -2.31. The lowest BCUT2D eigenvalue weighted by molar-refractivity contribution is 0.122. The molecule has 0 aliphatic carbocycles. The smallest absolute Gasteiger partial charge is 0.323 e. The Morgan fingerprint density at radius 1 is 1.32 bits per heavy atom. The SMILES string of the molecule is O=C(NCc1cccs1)N1CCCc2cnc(N3CCOCC3)nc21. The van der Waals surface area contributed by atoms with Gasteiger partial charge in [-0.05, 0) is 24.3 Å². The lowest BCUT2D eigenvalue weighted by Crippen LogP contribution is -2.44. The fraction of sp³-hybridized carbons (Fsp3) is 0.471. The number of carbonyl (C=O) groups is 1. The van der Waals surface area contributed by atoms with Crippen LogP contribution in [0.1, 0.15) is 16.9 Å². The number of rotatable bonds is 3. The molecule has 0 spiro atoms. The zero-order valence-corrected chi connectivity index (χ0v) is 14.8. The molecule has 7 nitrogen and oxygen atoms in total. The predicted octanol–water partition coefficient (Wildman–Crippen LogP) is 2.04.